The van der Waals surface area contributed by atoms with E-state index < -0.39 is 0 Å². The van der Waals surface area contributed by atoms with Crippen LogP contribution in [0.3, 0.4) is 0 Å². The van der Waals surface area contributed by atoms with Crippen LogP contribution in [0.25, 0.3) is 0 Å². The number of rotatable bonds is 9. The smallest absolute Gasteiger partial charge is 0.119 e. The molecule has 1 atom stereocenters. The normalized spacial score (nSPS) is 13.2. The molecule has 3 heteroatoms. The highest BCUT2D eigenvalue weighted by molar-refractivity contribution is 5.31. The van der Waals surface area contributed by atoms with Crippen LogP contribution in [0.5, 0.6) is 5.75 Å². The summed E-state index contributed by atoms with van der Waals surface area (Å²) in [5.74, 6) is 0.916. The molecule has 0 aromatic heterocycles. The second-order valence-corrected chi connectivity index (χ2v) is 5.78. The number of hydrogen-bond acceptors (Lipinski definition) is 3. The van der Waals surface area contributed by atoms with Gasteiger partial charge in [-0.05, 0) is 36.1 Å². The van der Waals surface area contributed by atoms with E-state index in [1.54, 1.807) is 7.11 Å². The maximum absolute atomic E-state index is 5.83. The lowest BCUT2D eigenvalue weighted by Gasteiger charge is -2.23. The molecule has 1 aromatic carbocycles. The van der Waals surface area contributed by atoms with Gasteiger partial charge < -0.3 is 14.8 Å². The minimum absolute atomic E-state index is 0.223. The molecule has 0 bridgehead atoms. The Hall–Kier alpha value is -1.06. The van der Waals surface area contributed by atoms with Crippen LogP contribution in [-0.2, 0) is 10.2 Å². The Bertz CT molecular complexity index is 367. The van der Waals surface area contributed by atoms with Crippen molar-refractivity contribution in [3.8, 4) is 5.75 Å². The molecule has 1 aromatic rings. The summed E-state index contributed by atoms with van der Waals surface area (Å²) in [6.07, 6.45) is 1.13. The summed E-state index contributed by atoms with van der Waals surface area (Å²) in [5, 5.41) is 3.35. The first-order chi connectivity index (χ1) is 9.53. The maximum atomic E-state index is 5.83. The van der Waals surface area contributed by atoms with Gasteiger partial charge >= 0.3 is 0 Å². The highest BCUT2D eigenvalue weighted by Crippen LogP contribution is 2.28. The molecule has 0 radical (unpaired) electrons. The Morgan fingerprint density at radius 2 is 1.75 bits per heavy atom. The van der Waals surface area contributed by atoms with E-state index in [4.69, 9.17) is 9.47 Å². The molecule has 0 aliphatic heterocycles. The van der Waals surface area contributed by atoms with Crippen LogP contribution in [0.4, 0.5) is 0 Å². The molecular formula is C17H29NO2. The number of nitrogens with one attached hydrogen (secondary N) is 1. The molecule has 1 unspecified atom stereocenters. The van der Waals surface area contributed by atoms with E-state index in [0.29, 0.717) is 13.2 Å². The molecule has 114 valence electrons. The average molecular weight is 279 g/mol. The fraction of sp³-hybridized carbons (Fsp3) is 0.647. The Kier molecular flexibility index (Phi) is 7.03. The molecule has 0 amide bonds. The predicted molar refractivity (Wildman–Crippen MR) is 84.6 cm³/mol. The summed E-state index contributed by atoms with van der Waals surface area (Å²) < 4.78 is 11.0. The monoisotopic (exact) mass is 279 g/mol. The van der Waals surface area contributed by atoms with Gasteiger partial charge in [-0.25, -0.2) is 0 Å². The van der Waals surface area contributed by atoms with Crippen LogP contribution >= 0.6 is 0 Å². The van der Waals surface area contributed by atoms with Crippen molar-refractivity contribution in [1.29, 1.82) is 0 Å². The quantitative estimate of drug-likeness (QED) is 0.751. The number of likely N-dealkylation sites (N-methyl/N-ethyl adjacent to an activating group) is 1. The lowest BCUT2D eigenvalue weighted by atomic mass is 9.82. The molecule has 0 saturated carbocycles. The second-order valence-electron chi connectivity index (χ2n) is 5.78. The number of ether oxygens (including phenoxy) is 2. The molecule has 0 heterocycles. The van der Waals surface area contributed by atoms with E-state index in [9.17, 15) is 0 Å². The minimum Gasteiger partial charge on any atom is -0.492 e. The predicted octanol–water partition coefficient (Wildman–Crippen LogP) is 3.38. The van der Waals surface area contributed by atoms with Crippen molar-refractivity contribution in [2.45, 2.75) is 45.6 Å². The van der Waals surface area contributed by atoms with E-state index >= 15 is 0 Å². The van der Waals surface area contributed by atoms with Gasteiger partial charge in [-0.2, -0.15) is 0 Å². The van der Waals surface area contributed by atoms with Gasteiger partial charge in [-0.15, -0.1) is 0 Å². The van der Waals surface area contributed by atoms with E-state index in [1.165, 1.54) is 5.56 Å². The summed E-state index contributed by atoms with van der Waals surface area (Å²) in [5.41, 5.74) is 1.58. The van der Waals surface area contributed by atoms with Gasteiger partial charge in [0.1, 0.15) is 12.4 Å². The van der Waals surface area contributed by atoms with Crippen molar-refractivity contribution in [3.05, 3.63) is 29.8 Å². The lowest BCUT2D eigenvalue weighted by Crippen LogP contribution is -2.38. The highest BCUT2D eigenvalue weighted by atomic mass is 16.5. The van der Waals surface area contributed by atoms with Crippen molar-refractivity contribution < 1.29 is 9.47 Å². The molecular weight excluding hydrogens is 250 g/mol. The summed E-state index contributed by atoms with van der Waals surface area (Å²) in [6, 6.07) is 8.68. The van der Waals surface area contributed by atoms with Gasteiger partial charge in [0.05, 0.1) is 12.6 Å². The largest absolute Gasteiger partial charge is 0.492 e. The van der Waals surface area contributed by atoms with Crippen molar-refractivity contribution in [2.24, 2.45) is 0 Å². The van der Waals surface area contributed by atoms with Crippen LogP contribution in [0, 0.1) is 0 Å². The molecule has 20 heavy (non-hydrogen) atoms. The molecule has 1 rings (SSSR count). The minimum atomic E-state index is 0.223. The molecule has 0 spiro atoms. The van der Waals surface area contributed by atoms with Gasteiger partial charge in [0.15, 0.2) is 0 Å². The van der Waals surface area contributed by atoms with Crippen LogP contribution < -0.4 is 10.1 Å². The van der Waals surface area contributed by atoms with E-state index in [1.807, 2.05) is 0 Å². The van der Waals surface area contributed by atoms with Gasteiger partial charge in [-0.3, -0.25) is 0 Å². The highest BCUT2D eigenvalue weighted by Gasteiger charge is 2.17. The Balaban J connectivity index is 2.57. The first-order valence-electron chi connectivity index (χ1n) is 7.49. The fourth-order valence-electron chi connectivity index (χ4n) is 2.06. The fourth-order valence-corrected chi connectivity index (χ4v) is 2.06. The van der Waals surface area contributed by atoms with Gasteiger partial charge in [0.25, 0.3) is 0 Å². The van der Waals surface area contributed by atoms with Crippen LogP contribution in [0.2, 0.25) is 0 Å². The first kappa shape index (κ1) is 17.0. The zero-order valence-corrected chi connectivity index (χ0v) is 13.5. The van der Waals surface area contributed by atoms with Gasteiger partial charge in [-0.1, -0.05) is 39.8 Å². The van der Waals surface area contributed by atoms with Crippen LogP contribution in [0.1, 0.15) is 39.7 Å². The zero-order valence-electron chi connectivity index (χ0n) is 13.5. The van der Waals surface area contributed by atoms with Crippen LogP contribution in [-0.4, -0.2) is 32.9 Å². The summed E-state index contributed by atoms with van der Waals surface area (Å²) in [6.45, 7) is 11.0. The first-order valence-corrected chi connectivity index (χ1v) is 7.49. The van der Waals surface area contributed by atoms with Crippen molar-refractivity contribution >= 4 is 0 Å². The Labute approximate surface area is 123 Å². The van der Waals surface area contributed by atoms with Crippen molar-refractivity contribution in [1.82, 2.24) is 5.32 Å². The van der Waals surface area contributed by atoms with E-state index in [0.717, 1.165) is 18.7 Å². The summed E-state index contributed by atoms with van der Waals surface area (Å²) >= 11 is 0. The molecule has 1 N–H and O–H groups in total. The summed E-state index contributed by atoms with van der Waals surface area (Å²) in [7, 11) is 1.71. The van der Waals surface area contributed by atoms with Gasteiger partial charge in [0.2, 0.25) is 0 Å². The maximum Gasteiger partial charge on any atom is 0.119 e. The Morgan fingerprint density at radius 3 is 2.25 bits per heavy atom. The number of benzene rings is 1. The molecule has 0 fully saturated rings. The SMILES string of the molecule is CCNC(COC)COc1ccc(C(C)(C)CC)cc1. The Morgan fingerprint density at radius 1 is 1.10 bits per heavy atom. The third kappa shape index (κ3) is 5.14. The topological polar surface area (TPSA) is 30.5 Å². The molecule has 0 aliphatic carbocycles. The summed E-state index contributed by atoms with van der Waals surface area (Å²) in [4.78, 5) is 0. The third-order valence-electron chi connectivity index (χ3n) is 3.83. The third-order valence-corrected chi connectivity index (χ3v) is 3.83. The molecule has 3 nitrogen and oxygen atoms in total. The lowest BCUT2D eigenvalue weighted by molar-refractivity contribution is 0.137. The number of hydrogen-bond donors (Lipinski definition) is 1. The standard InChI is InChI=1S/C17H29NO2/c1-6-17(3,4)14-8-10-16(11-9-14)20-13-15(12-19-5)18-7-2/h8-11,15,18H,6-7,12-13H2,1-5H3. The van der Waals surface area contributed by atoms with Gasteiger partial charge in [0, 0.05) is 7.11 Å². The second kappa shape index (κ2) is 8.28. The average Bonchev–Trinajstić information content (AvgIpc) is 2.46. The van der Waals surface area contributed by atoms with E-state index in [-0.39, 0.29) is 11.5 Å². The zero-order chi connectivity index (χ0) is 15.0. The molecule has 0 aliphatic rings. The number of methoxy groups -OCH3 is 1. The van der Waals surface area contributed by atoms with Crippen molar-refractivity contribution in [3.63, 3.8) is 0 Å². The van der Waals surface area contributed by atoms with Crippen molar-refractivity contribution in [2.75, 3.05) is 26.9 Å². The van der Waals surface area contributed by atoms with E-state index in [2.05, 4.69) is 57.3 Å². The van der Waals surface area contributed by atoms with Crippen LogP contribution in [0.15, 0.2) is 24.3 Å². The molecule has 0 saturated heterocycles.